The van der Waals surface area contributed by atoms with Crippen LogP contribution in [0.15, 0.2) is 42.5 Å². The van der Waals surface area contributed by atoms with Gasteiger partial charge in [-0.25, -0.2) is 14.6 Å². The maximum absolute atomic E-state index is 11.8. The molecule has 0 radical (unpaired) electrons. The van der Waals surface area contributed by atoms with E-state index in [0.29, 0.717) is 36.8 Å². The van der Waals surface area contributed by atoms with Crippen LogP contribution in [0, 0.1) is 0 Å². The quantitative estimate of drug-likeness (QED) is 0.621. The Morgan fingerprint density at radius 1 is 0.963 bits per heavy atom. The first-order chi connectivity index (χ1) is 13.1. The molecule has 2 aromatic carbocycles. The fraction of sp³-hybridized carbons (Fsp3) is 0.250. The van der Waals surface area contributed by atoms with Crippen molar-refractivity contribution in [3.05, 3.63) is 59.2 Å². The second-order valence-electron chi connectivity index (χ2n) is 5.81. The molecule has 0 aliphatic carbocycles. The second-order valence-corrected chi connectivity index (χ2v) is 5.81. The lowest BCUT2D eigenvalue weighted by Crippen LogP contribution is -2.05. The van der Waals surface area contributed by atoms with Gasteiger partial charge in [-0.05, 0) is 49.7 Å². The Bertz CT molecular complexity index is 948. The summed E-state index contributed by atoms with van der Waals surface area (Å²) in [7, 11) is 0. The first kappa shape index (κ1) is 18.4. The highest BCUT2D eigenvalue weighted by molar-refractivity contribution is 5.94. The van der Waals surface area contributed by atoms with Crippen LogP contribution in [0.2, 0.25) is 0 Å². The van der Waals surface area contributed by atoms with Crippen LogP contribution in [-0.4, -0.2) is 35.1 Å². The van der Waals surface area contributed by atoms with E-state index in [1.165, 1.54) is 0 Å². The number of anilines is 1. The highest BCUT2D eigenvalue weighted by Gasteiger charge is 2.10. The standard InChI is InChI=1S/C20H21N3O4/c1-3-26-18(24)14-7-5-13(6-8-14)12-21-20-22-16-10-9-15(11-17(16)23-20)19(25)27-4-2/h5-11H,3-4,12H2,1-2H3,(H2,21,22,23). The van der Waals surface area contributed by atoms with Crippen molar-refractivity contribution in [2.24, 2.45) is 0 Å². The van der Waals surface area contributed by atoms with Gasteiger partial charge in [0.25, 0.3) is 0 Å². The number of imidazole rings is 1. The largest absolute Gasteiger partial charge is 0.462 e. The minimum atomic E-state index is -0.356. The van der Waals surface area contributed by atoms with Crippen LogP contribution in [0.4, 0.5) is 5.95 Å². The Kier molecular flexibility index (Phi) is 5.71. The molecule has 7 heteroatoms. The van der Waals surface area contributed by atoms with Crippen molar-refractivity contribution < 1.29 is 19.1 Å². The zero-order valence-corrected chi connectivity index (χ0v) is 15.2. The van der Waals surface area contributed by atoms with Crippen molar-refractivity contribution in [1.29, 1.82) is 0 Å². The fourth-order valence-electron chi connectivity index (χ4n) is 2.59. The number of aromatic amines is 1. The van der Waals surface area contributed by atoms with Gasteiger partial charge in [-0.2, -0.15) is 0 Å². The molecule has 7 nitrogen and oxygen atoms in total. The third-order valence-electron chi connectivity index (χ3n) is 3.92. The summed E-state index contributed by atoms with van der Waals surface area (Å²) >= 11 is 0. The van der Waals surface area contributed by atoms with Gasteiger partial charge in [0.15, 0.2) is 0 Å². The predicted octanol–water partition coefficient (Wildman–Crippen LogP) is 3.53. The summed E-state index contributed by atoms with van der Waals surface area (Å²) in [5.74, 6) is -0.0858. The molecule has 0 spiro atoms. The summed E-state index contributed by atoms with van der Waals surface area (Å²) in [6.07, 6.45) is 0. The Morgan fingerprint density at radius 2 is 1.59 bits per heavy atom. The first-order valence-corrected chi connectivity index (χ1v) is 8.77. The highest BCUT2D eigenvalue weighted by Crippen LogP contribution is 2.17. The van der Waals surface area contributed by atoms with E-state index in [0.717, 1.165) is 16.6 Å². The Hall–Kier alpha value is -3.35. The number of esters is 2. The van der Waals surface area contributed by atoms with E-state index in [2.05, 4.69) is 15.3 Å². The van der Waals surface area contributed by atoms with Crippen molar-refractivity contribution in [2.45, 2.75) is 20.4 Å². The maximum Gasteiger partial charge on any atom is 0.338 e. The number of nitrogens with one attached hydrogen (secondary N) is 2. The van der Waals surface area contributed by atoms with Gasteiger partial charge in [0.2, 0.25) is 5.95 Å². The minimum absolute atomic E-state index is 0.327. The number of aromatic nitrogens is 2. The molecule has 0 saturated carbocycles. The lowest BCUT2D eigenvalue weighted by atomic mass is 10.1. The lowest BCUT2D eigenvalue weighted by Gasteiger charge is -2.05. The minimum Gasteiger partial charge on any atom is -0.462 e. The molecule has 0 amide bonds. The predicted molar refractivity (Wildman–Crippen MR) is 102 cm³/mol. The van der Waals surface area contributed by atoms with E-state index in [9.17, 15) is 9.59 Å². The zero-order chi connectivity index (χ0) is 19.2. The molecule has 0 unspecified atom stereocenters. The first-order valence-electron chi connectivity index (χ1n) is 8.77. The van der Waals surface area contributed by atoms with Gasteiger partial charge < -0.3 is 19.8 Å². The number of nitrogens with zero attached hydrogens (tertiary/aromatic N) is 1. The van der Waals surface area contributed by atoms with Gasteiger partial charge in [0.1, 0.15) is 0 Å². The Balaban J connectivity index is 1.66. The molecule has 0 aliphatic rings. The average Bonchev–Trinajstić information content (AvgIpc) is 3.09. The Morgan fingerprint density at radius 3 is 2.26 bits per heavy atom. The van der Waals surface area contributed by atoms with Gasteiger partial charge in [-0.1, -0.05) is 12.1 Å². The van der Waals surface area contributed by atoms with Crippen molar-refractivity contribution in [1.82, 2.24) is 9.97 Å². The van der Waals surface area contributed by atoms with Crippen LogP contribution in [0.5, 0.6) is 0 Å². The summed E-state index contributed by atoms with van der Waals surface area (Å²) in [5, 5.41) is 3.20. The van der Waals surface area contributed by atoms with E-state index in [1.54, 1.807) is 44.2 Å². The van der Waals surface area contributed by atoms with Crippen molar-refractivity contribution in [3.8, 4) is 0 Å². The molecular weight excluding hydrogens is 346 g/mol. The molecule has 0 saturated heterocycles. The van der Waals surface area contributed by atoms with Gasteiger partial charge >= 0.3 is 11.9 Å². The molecule has 1 heterocycles. The smallest absolute Gasteiger partial charge is 0.338 e. The van der Waals surface area contributed by atoms with Crippen LogP contribution in [0.3, 0.4) is 0 Å². The highest BCUT2D eigenvalue weighted by atomic mass is 16.5. The van der Waals surface area contributed by atoms with E-state index in [4.69, 9.17) is 9.47 Å². The summed E-state index contributed by atoms with van der Waals surface area (Å²) in [4.78, 5) is 31.1. The van der Waals surface area contributed by atoms with Crippen molar-refractivity contribution >= 4 is 28.9 Å². The Labute approximate surface area is 156 Å². The monoisotopic (exact) mass is 367 g/mol. The number of hydrogen-bond donors (Lipinski definition) is 2. The van der Waals surface area contributed by atoms with E-state index in [1.807, 2.05) is 12.1 Å². The topological polar surface area (TPSA) is 93.3 Å². The van der Waals surface area contributed by atoms with Crippen LogP contribution in [0.1, 0.15) is 40.1 Å². The number of ether oxygens (including phenoxy) is 2. The SMILES string of the molecule is CCOC(=O)c1ccc(CNc2nc3ccc(C(=O)OCC)cc3[nH]2)cc1. The summed E-state index contributed by atoms with van der Waals surface area (Å²) in [6, 6.07) is 12.4. The van der Waals surface area contributed by atoms with E-state index < -0.39 is 0 Å². The third-order valence-corrected chi connectivity index (χ3v) is 3.92. The molecule has 3 aromatic rings. The van der Waals surface area contributed by atoms with E-state index >= 15 is 0 Å². The summed E-state index contributed by atoms with van der Waals surface area (Å²) in [5.41, 5.74) is 3.50. The lowest BCUT2D eigenvalue weighted by molar-refractivity contribution is 0.0517. The second kappa shape index (κ2) is 8.35. The maximum atomic E-state index is 11.8. The van der Waals surface area contributed by atoms with Crippen molar-refractivity contribution in [3.63, 3.8) is 0 Å². The van der Waals surface area contributed by atoms with Crippen LogP contribution in [0.25, 0.3) is 11.0 Å². The van der Waals surface area contributed by atoms with Gasteiger partial charge in [0.05, 0.1) is 35.4 Å². The molecule has 0 atom stereocenters. The summed E-state index contributed by atoms with van der Waals surface area (Å²) in [6.45, 7) is 4.77. The number of carbonyl (C=O) groups is 2. The van der Waals surface area contributed by atoms with Crippen molar-refractivity contribution in [2.75, 3.05) is 18.5 Å². The molecule has 0 fully saturated rings. The third kappa shape index (κ3) is 4.44. The molecule has 140 valence electrons. The number of fused-ring (bicyclic) bond motifs is 1. The van der Waals surface area contributed by atoms with Crippen LogP contribution in [-0.2, 0) is 16.0 Å². The molecule has 2 N–H and O–H groups in total. The van der Waals surface area contributed by atoms with Gasteiger partial charge in [0, 0.05) is 6.54 Å². The fourth-order valence-corrected chi connectivity index (χ4v) is 2.59. The van der Waals surface area contributed by atoms with E-state index in [-0.39, 0.29) is 11.9 Å². The summed E-state index contributed by atoms with van der Waals surface area (Å²) < 4.78 is 9.98. The average molecular weight is 367 g/mol. The molecule has 27 heavy (non-hydrogen) atoms. The number of H-pyrrole nitrogens is 1. The molecule has 1 aromatic heterocycles. The molecular formula is C20H21N3O4. The number of hydrogen-bond acceptors (Lipinski definition) is 6. The molecule has 0 bridgehead atoms. The van der Waals surface area contributed by atoms with Gasteiger partial charge in [-0.15, -0.1) is 0 Å². The number of benzene rings is 2. The number of carbonyl (C=O) groups excluding carboxylic acids is 2. The normalized spacial score (nSPS) is 10.6. The van der Waals surface area contributed by atoms with Crippen LogP contribution < -0.4 is 5.32 Å². The van der Waals surface area contributed by atoms with Gasteiger partial charge in [-0.3, -0.25) is 0 Å². The van der Waals surface area contributed by atoms with Crippen LogP contribution >= 0.6 is 0 Å². The number of rotatable bonds is 7. The molecule has 3 rings (SSSR count). The zero-order valence-electron chi connectivity index (χ0n) is 15.2. The molecule has 0 aliphatic heterocycles.